The Bertz CT molecular complexity index is 393. The molecule has 0 aliphatic carbocycles. The highest BCUT2D eigenvalue weighted by Crippen LogP contribution is 2.07. The van der Waals surface area contributed by atoms with Gasteiger partial charge in [-0.25, -0.2) is 0 Å². The van der Waals surface area contributed by atoms with E-state index in [4.69, 9.17) is 0 Å². The van der Waals surface area contributed by atoms with Gasteiger partial charge >= 0.3 is 0 Å². The molecule has 1 saturated heterocycles. The quantitative estimate of drug-likeness (QED) is 0.710. The largest absolute Gasteiger partial charge is 0.348 e. The molecule has 0 radical (unpaired) electrons. The minimum Gasteiger partial charge on any atom is -0.348 e. The number of hydrogen-bond donors (Lipinski definition) is 0. The van der Waals surface area contributed by atoms with Crippen molar-refractivity contribution in [3.8, 4) is 0 Å². The van der Waals surface area contributed by atoms with Crippen molar-refractivity contribution in [1.82, 2.24) is 14.4 Å². The fourth-order valence-electron chi connectivity index (χ4n) is 2.47. The number of rotatable bonds is 6. The zero-order valence-electron chi connectivity index (χ0n) is 11.4. The van der Waals surface area contributed by atoms with Crippen molar-refractivity contribution in [2.24, 2.45) is 7.05 Å². The third-order valence-electron chi connectivity index (χ3n) is 3.64. The monoisotopic (exact) mass is 249 g/mol. The van der Waals surface area contributed by atoms with E-state index >= 15 is 0 Å². The lowest BCUT2D eigenvalue weighted by Gasteiger charge is -2.20. The summed E-state index contributed by atoms with van der Waals surface area (Å²) in [7, 11) is 3.94. The Morgan fingerprint density at radius 3 is 2.72 bits per heavy atom. The number of Topliss-reactive ketones (excluding diaryl/α,β-unsaturated/α-hetero) is 1. The zero-order valence-corrected chi connectivity index (χ0v) is 11.4. The Kier molecular flexibility index (Phi) is 4.55. The van der Waals surface area contributed by atoms with Crippen LogP contribution in [-0.4, -0.2) is 59.9 Å². The Labute approximate surface area is 109 Å². The van der Waals surface area contributed by atoms with Crippen LogP contribution in [-0.2, 0) is 7.05 Å². The van der Waals surface area contributed by atoms with Gasteiger partial charge in [0.25, 0.3) is 0 Å². The molecule has 0 bridgehead atoms. The maximum Gasteiger partial charge on any atom is 0.193 e. The maximum atomic E-state index is 12.1. The zero-order chi connectivity index (χ0) is 13.0. The Morgan fingerprint density at radius 1 is 1.39 bits per heavy atom. The number of likely N-dealkylation sites (tertiary alicyclic amines) is 1. The number of carbonyl (C=O) groups excluding carboxylic acids is 1. The molecule has 1 aliphatic rings. The second-order valence-electron chi connectivity index (χ2n) is 5.21. The third-order valence-corrected chi connectivity index (χ3v) is 3.64. The summed E-state index contributed by atoms with van der Waals surface area (Å²) in [6, 6.07) is 3.80. The van der Waals surface area contributed by atoms with E-state index in [1.807, 2.05) is 37.0 Å². The summed E-state index contributed by atoms with van der Waals surface area (Å²) in [4.78, 5) is 16.7. The molecule has 2 rings (SSSR count). The Hall–Kier alpha value is -1.13. The first kappa shape index (κ1) is 13.3. The number of aryl methyl sites for hydroxylation is 1. The van der Waals surface area contributed by atoms with Crippen LogP contribution in [0.3, 0.4) is 0 Å². The lowest BCUT2D eigenvalue weighted by Crippen LogP contribution is -2.34. The number of nitrogens with zero attached hydrogens (tertiary/aromatic N) is 3. The van der Waals surface area contributed by atoms with Crippen LogP contribution < -0.4 is 0 Å². The number of likely N-dealkylation sites (N-methyl/N-ethyl adjacent to an activating group) is 1. The van der Waals surface area contributed by atoms with Crippen LogP contribution in [0.15, 0.2) is 18.3 Å². The third kappa shape index (κ3) is 3.43. The molecule has 0 saturated carbocycles. The molecule has 4 nitrogen and oxygen atoms in total. The van der Waals surface area contributed by atoms with Gasteiger partial charge in [-0.3, -0.25) is 9.69 Å². The van der Waals surface area contributed by atoms with Crippen LogP contribution in [0.5, 0.6) is 0 Å². The van der Waals surface area contributed by atoms with Crippen molar-refractivity contribution in [2.75, 3.05) is 39.8 Å². The summed E-state index contributed by atoms with van der Waals surface area (Å²) in [6.45, 7) is 5.00. The van der Waals surface area contributed by atoms with Gasteiger partial charge in [0.1, 0.15) is 0 Å². The van der Waals surface area contributed by atoms with E-state index in [0.717, 1.165) is 18.8 Å². The molecule has 1 aromatic heterocycles. The van der Waals surface area contributed by atoms with Gasteiger partial charge in [0, 0.05) is 26.3 Å². The number of hydrogen-bond acceptors (Lipinski definition) is 3. The van der Waals surface area contributed by atoms with E-state index < -0.39 is 0 Å². The molecular formula is C14H23N3O. The average Bonchev–Trinajstić information content (AvgIpc) is 2.97. The second kappa shape index (κ2) is 6.16. The first-order chi connectivity index (χ1) is 8.66. The minimum atomic E-state index is 0.200. The predicted octanol–water partition coefficient (Wildman–Crippen LogP) is 1.24. The van der Waals surface area contributed by atoms with Crippen LogP contribution in [0.25, 0.3) is 0 Å². The van der Waals surface area contributed by atoms with Crippen molar-refractivity contribution >= 4 is 5.78 Å². The SMILES string of the molecule is CN(CCN1CCCC1)CC(=O)c1cccn1C. The highest BCUT2D eigenvalue weighted by Gasteiger charge is 2.14. The highest BCUT2D eigenvalue weighted by molar-refractivity contribution is 5.96. The summed E-state index contributed by atoms with van der Waals surface area (Å²) in [6.07, 6.45) is 4.56. The molecule has 1 fully saturated rings. The second-order valence-corrected chi connectivity index (χ2v) is 5.21. The van der Waals surface area contributed by atoms with Gasteiger partial charge in [-0.15, -0.1) is 0 Å². The van der Waals surface area contributed by atoms with Crippen molar-refractivity contribution in [2.45, 2.75) is 12.8 Å². The van der Waals surface area contributed by atoms with Gasteiger partial charge in [0.05, 0.1) is 12.2 Å². The highest BCUT2D eigenvalue weighted by atomic mass is 16.1. The van der Waals surface area contributed by atoms with E-state index in [1.54, 1.807) is 0 Å². The molecule has 0 unspecified atom stereocenters. The van der Waals surface area contributed by atoms with Crippen LogP contribution in [0.4, 0.5) is 0 Å². The molecule has 0 atom stereocenters. The minimum absolute atomic E-state index is 0.200. The molecule has 0 amide bonds. The van der Waals surface area contributed by atoms with Crippen molar-refractivity contribution in [3.63, 3.8) is 0 Å². The van der Waals surface area contributed by atoms with Gasteiger partial charge in [0.15, 0.2) is 5.78 Å². The Balaban J connectivity index is 1.75. The average molecular weight is 249 g/mol. The smallest absolute Gasteiger partial charge is 0.193 e. The lowest BCUT2D eigenvalue weighted by atomic mass is 10.2. The first-order valence-corrected chi connectivity index (χ1v) is 6.72. The van der Waals surface area contributed by atoms with Gasteiger partial charge in [-0.05, 0) is 45.1 Å². The van der Waals surface area contributed by atoms with Crippen LogP contribution in [0, 0.1) is 0 Å². The molecule has 2 heterocycles. The number of carbonyl (C=O) groups is 1. The first-order valence-electron chi connectivity index (χ1n) is 6.72. The molecular weight excluding hydrogens is 226 g/mol. The predicted molar refractivity (Wildman–Crippen MR) is 72.9 cm³/mol. The molecule has 4 heteroatoms. The summed E-state index contributed by atoms with van der Waals surface area (Å²) >= 11 is 0. The molecule has 0 aromatic carbocycles. The fraction of sp³-hybridized carbons (Fsp3) is 0.643. The van der Waals surface area contributed by atoms with Crippen LogP contribution in [0.1, 0.15) is 23.3 Å². The van der Waals surface area contributed by atoms with E-state index in [-0.39, 0.29) is 5.78 Å². The van der Waals surface area contributed by atoms with Gasteiger partial charge in [0.2, 0.25) is 0 Å². The standard InChI is InChI=1S/C14H23N3O/c1-15(10-11-17-8-3-4-9-17)12-14(18)13-6-5-7-16(13)2/h5-7H,3-4,8-12H2,1-2H3. The number of ketones is 1. The van der Waals surface area contributed by atoms with Gasteiger partial charge in [-0.1, -0.05) is 0 Å². The topological polar surface area (TPSA) is 28.5 Å². The summed E-state index contributed by atoms with van der Waals surface area (Å²) in [5.41, 5.74) is 0.794. The molecule has 1 aromatic rings. The van der Waals surface area contributed by atoms with Crippen LogP contribution in [0.2, 0.25) is 0 Å². The van der Waals surface area contributed by atoms with Crippen molar-refractivity contribution < 1.29 is 4.79 Å². The Morgan fingerprint density at radius 2 is 2.11 bits per heavy atom. The van der Waals surface area contributed by atoms with Gasteiger partial charge < -0.3 is 9.47 Å². The molecule has 0 spiro atoms. The van der Waals surface area contributed by atoms with Gasteiger partial charge in [-0.2, -0.15) is 0 Å². The number of aromatic nitrogens is 1. The normalized spacial score (nSPS) is 16.6. The van der Waals surface area contributed by atoms with Crippen LogP contribution >= 0.6 is 0 Å². The maximum absolute atomic E-state index is 12.1. The van der Waals surface area contributed by atoms with Crippen molar-refractivity contribution in [1.29, 1.82) is 0 Å². The van der Waals surface area contributed by atoms with Crippen molar-refractivity contribution in [3.05, 3.63) is 24.0 Å². The molecule has 18 heavy (non-hydrogen) atoms. The molecule has 1 aliphatic heterocycles. The summed E-state index contributed by atoms with van der Waals surface area (Å²) < 4.78 is 1.89. The molecule has 100 valence electrons. The van der Waals surface area contributed by atoms with E-state index in [2.05, 4.69) is 9.80 Å². The molecule has 0 N–H and O–H groups in total. The fourth-order valence-corrected chi connectivity index (χ4v) is 2.47. The summed E-state index contributed by atoms with van der Waals surface area (Å²) in [5, 5.41) is 0. The van der Waals surface area contributed by atoms with E-state index in [1.165, 1.54) is 25.9 Å². The van der Waals surface area contributed by atoms with E-state index in [9.17, 15) is 4.79 Å². The lowest BCUT2D eigenvalue weighted by molar-refractivity contribution is 0.0933. The van der Waals surface area contributed by atoms with E-state index in [0.29, 0.717) is 6.54 Å². The summed E-state index contributed by atoms with van der Waals surface area (Å²) in [5.74, 6) is 0.200.